The van der Waals surface area contributed by atoms with Gasteiger partial charge in [-0.05, 0) is 0 Å². The Balaban J connectivity index is 1.83. The van der Waals surface area contributed by atoms with Crippen LogP contribution in [-0.4, -0.2) is 26.4 Å². The number of nitrogens with zero attached hydrogens (tertiary/aromatic N) is 3. The van der Waals surface area contributed by atoms with Crippen LogP contribution in [0.5, 0.6) is 0 Å². The number of hydrogen-bond donors (Lipinski definition) is 2. The third-order valence-electron chi connectivity index (χ3n) is 3.01. The van der Waals surface area contributed by atoms with Gasteiger partial charge in [-0.15, -0.1) is 11.3 Å². The first-order valence-corrected chi connectivity index (χ1v) is 6.58. The molecule has 0 unspecified atom stereocenters. The van der Waals surface area contributed by atoms with E-state index in [-0.39, 0.29) is 11.5 Å². The van der Waals surface area contributed by atoms with Crippen molar-refractivity contribution in [1.82, 2.24) is 19.9 Å². The van der Waals surface area contributed by atoms with Crippen LogP contribution in [0.3, 0.4) is 0 Å². The second-order valence-corrected chi connectivity index (χ2v) is 5.24. The Morgan fingerprint density at radius 2 is 2.44 bits per heavy atom. The Bertz CT molecular complexity index is 606. The van der Waals surface area contributed by atoms with Gasteiger partial charge in [-0.25, -0.2) is 9.97 Å². The molecule has 0 fully saturated rings. The number of H-pyrrole nitrogens is 1. The summed E-state index contributed by atoms with van der Waals surface area (Å²) < 4.78 is 0. The number of hydrogen-bond acceptors (Lipinski definition) is 6. The normalized spacial score (nSPS) is 15.6. The van der Waals surface area contributed by atoms with Gasteiger partial charge in [0.2, 0.25) is 5.95 Å². The minimum Gasteiger partial charge on any atom is -0.369 e. The molecule has 18 heavy (non-hydrogen) atoms. The summed E-state index contributed by atoms with van der Waals surface area (Å²) in [6.45, 7) is 2.26. The van der Waals surface area contributed by atoms with Gasteiger partial charge in [0.15, 0.2) is 0 Å². The van der Waals surface area contributed by atoms with E-state index in [9.17, 15) is 4.79 Å². The summed E-state index contributed by atoms with van der Waals surface area (Å²) >= 11 is 1.63. The van der Waals surface area contributed by atoms with E-state index in [1.165, 1.54) is 0 Å². The lowest BCUT2D eigenvalue weighted by Gasteiger charge is -2.26. The van der Waals surface area contributed by atoms with Crippen molar-refractivity contribution in [3.8, 4) is 0 Å². The quantitative estimate of drug-likeness (QED) is 0.817. The topological polar surface area (TPSA) is 87.9 Å². The van der Waals surface area contributed by atoms with Crippen LogP contribution in [-0.2, 0) is 19.5 Å². The maximum atomic E-state index is 11.8. The molecule has 1 aliphatic heterocycles. The van der Waals surface area contributed by atoms with Crippen molar-refractivity contribution in [1.29, 1.82) is 0 Å². The maximum absolute atomic E-state index is 11.8. The Kier molecular flexibility index (Phi) is 2.85. The molecule has 7 heteroatoms. The highest BCUT2D eigenvalue weighted by molar-refractivity contribution is 7.09. The summed E-state index contributed by atoms with van der Waals surface area (Å²) in [4.78, 5) is 25.0. The lowest BCUT2D eigenvalue weighted by Crippen LogP contribution is -2.35. The Labute approximate surface area is 108 Å². The maximum Gasteiger partial charge on any atom is 0.257 e. The van der Waals surface area contributed by atoms with Crippen LogP contribution in [0.25, 0.3) is 0 Å². The number of nitrogen functional groups attached to an aromatic ring is 1. The van der Waals surface area contributed by atoms with Crippen LogP contribution < -0.4 is 11.3 Å². The zero-order chi connectivity index (χ0) is 12.5. The third-order valence-corrected chi connectivity index (χ3v) is 3.77. The highest BCUT2D eigenvalue weighted by atomic mass is 32.1. The average Bonchev–Trinajstić information content (AvgIpc) is 2.83. The van der Waals surface area contributed by atoms with Gasteiger partial charge >= 0.3 is 0 Å². The molecule has 6 nitrogen and oxygen atoms in total. The molecule has 3 N–H and O–H groups in total. The predicted molar refractivity (Wildman–Crippen MR) is 69.2 cm³/mol. The number of anilines is 1. The number of nitrogens with one attached hydrogen (secondary N) is 1. The highest BCUT2D eigenvalue weighted by Gasteiger charge is 2.21. The molecule has 0 saturated carbocycles. The Morgan fingerprint density at radius 1 is 1.56 bits per heavy atom. The zero-order valence-electron chi connectivity index (χ0n) is 9.72. The van der Waals surface area contributed by atoms with Crippen molar-refractivity contribution >= 4 is 17.3 Å². The van der Waals surface area contributed by atoms with Gasteiger partial charge < -0.3 is 5.73 Å². The van der Waals surface area contributed by atoms with Gasteiger partial charge in [-0.2, -0.15) is 0 Å². The van der Waals surface area contributed by atoms with Crippen molar-refractivity contribution in [2.75, 3.05) is 12.3 Å². The van der Waals surface area contributed by atoms with E-state index in [0.717, 1.165) is 35.8 Å². The first-order chi connectivity index (χ1) is 8.72. The number of nitrogens with two attached hydrogens (primary N) is 1. The second kappa shape index (κ2) is 4.51. The average molecular weight is 263 g/mol. The summed E-state index contributed by atoms with van der Waals surface area (Å²) in [7, 11) is 0. The van der Waals surface area contributed by atoms with Crippen LogP contribution in [0, 0.1) is 0 Å². The van der Waals surface area contributed by atoms with E-state index >= 15 is 0 Å². The fourth-order valence-corrected chi connectivity index (χ4v) is 2.82. The van der Waals surface area contributed by atoms with Crippen LogP contribution >= 0.6 is 11.3 Å². The molecule has 0 aromatic carbocycles. The van der Waals surface area contributed by atoms with E-state index in [1.807, 2.05) is 5.38 Å². The molecule has 3 rings (SSSR count). The monoisotopic (exact) mass is 263 g/mol. The summed E-state index contributed by atoms with van der Waals surface area (Å²) in [6.07, 6.45) is 2.56. The molecule has 3 heterocycles. The second-order valence-electron chi connectivity index (χ2n) is 4.26. The molecule has 2 aromatic rings. The van der Waals surface area contributed by atoms with Crippen LogP contribution in [0.2, 0.25) is 0 Å². The first kappa shape index (κ1) is 11.4. The van der Waals surface area contributed by atoms with Gasteiger partial charge in [-0.1, -0.05) is 0 Å². The number of aromatic amines is 1. The molecule has 1 aliphatic rings. The fourth-order valence-electron chi connectivity index (χ4n) is 2.16. The lowest BCUT2D eigenvalue weighted by molar-refractivity contribution is 0.241. The number of thiazole rings is 1. The fraction of sp³-hybridized carbons (Fsp3) is 0.364. The molecule has 0 bridgehead atoms. The smallest absolute Gasteiger partial charge is 0.257 e. The minimum absolute atomic E-state index is 0.124. The van der Waals surface area contributed by atoms with Gasteiger partial charge in [0.05, 0.1) is 17.8 Å². The number of rotatable bonds is 2. The van der Waals surface area contributed by atoms with E-state index in [1.54, 1.807) is 17.5 Å². The van der Waals surface area contributed by atoms with E-state index in [0.29, 0.717) is 6.54 Å². The lowest BCUT2D eigenvalue weighted by atomic mass is 10.1. The first-order valence-electron chi connectivity index (χ1n) is 5.70. The predicted octanol–water partition coefficient (Wildman–Crippen LogP) is 0.367. The molecule has 2 aromatic heterocycles. The number of fused-ring (bicyclic) bond motifs is 1. The molecule has 0 amide bonds. The summed E-state index contributed by atoms with van der Waals surface area (Å²) in [5.41, 5.74) is 6.97. The van der Waals surface area contributed by atoms with E-state index in [2.05, 4.69) is 19.9 Å². The van der Waals surface area contributed by atoms with Crippen molar-refractivity contribution in [2.45, 2.75) is 19.5 Å². The Hall–Kier alpha value is -1.73. The number of aromatic nitrogens is 3. The zero-order valence-corrected chi connectivity index (χ0v) is 10.5. The SMILES string of the molecule is Nc1nc2c(c(=O)[nH]1)CN(Cc1nccs1)CC2. The highest BCUT2D eigenvalue weighted by Crippen LogP contribution is 2.17. The Morgan fingerprint density at radius 3 is 3.22 bits per heavy atom. The van der Waals surface area contributed by atoms with Gasteiger partial charge in [0.25, 0.3) is 5.56 Å². The minimum atomic E-state index is -0.124. The molecule has 0 aliphatic carbocycles. The summed E-state index contributed by atoms with van der Waals surface area (Å²) in [5.74, 6) is 0.201. The molecule has 0 radical (unpaired) electrons. The molecule has 0 atom stereocenters. The third kappa shape index (κ3) is 2.14. The summed E-state index contributed by atoms with van der Waals surface area (Å²) in [6, 6.07) is 0. The van der Waals surface area contributed by atoms with E-state index < -0.39 is 0 Å². The largest absolute Gasteiger partial charge is 0.369 e. The molecule has 0 saturated heterocycles. The van der Waals surface area contributed by atoms with Gasteiger partial charge in [0, 0.05) is 31.1 Å². The van der Waals surface area contributed by atoms with Crippen LogP contribution in [0.15, 0.2) is 16.4 Å². The molecular weight excluding hydrogens is 250 g/mol. The van der Waals surface area contributed by atoms with E-state index in [4.69, 9.17) is 5.73 Å². The van der Waals surface area contributed by atoms with Gasteiger partial charge in [-0.3, -0.25) is 14.7 Å². The van der Waals surface area contributed by atoms with Crippen molar-refractivity contribution in [3.05, 3.63) is 38.2 Å². The van der Waals surface area contributed by atoms with Crippen LogP contribution in [0.1, 0.15) is 16.3 Å². The van der Waals surface area contributed by atoms with Crippen LogP contribution in [0.4, 0.5) is 5.95 Å². The van der Waals surface area contributed by atoms with Crippen molar-refractivity contribution in [3.63, 3.8) is 0 Å². The summed E-state index contributed by atoms with van der Waals surface area (Å²) in [5, 5.41) is 3.03. The van der Waals surface area contributed by atoms with Gasteiger partial charge in [0.1, 0.15) is 5.01 Å². The molecule has 94 valence electrons. The molecular formula is C11H13N5OS. The standard InChI is InChI=1S/C11H13N5OS/c12-11-14-8-1-3-16(5-7(8)10(17)15-11)6-9-13-2-4-18-9/h2,4H,1,3,5-6H2,(H3,12,14,15,17). The van der Waals surface area contributed by atoms with Crippen molar-refractivity contribution < 1.29 is 0 Å². The molecule has 0 spiro atoms. The van der Waals surface area contributed by atoms with Crippen molar-refractivity contribution in [2.24, 2.45) is 0 Å².